The second kappa shape index (κ2) is 35.1. The molecule has 11 rings (SSSR count). The van der Waals surface area contributed by atoms with E-state index in [-0.39, 0.29) is 167 Å². The summed E-state index contributed by atoms with van der Waals surface area (Å²) in [6.45, 7) is 15.5. The van der Waals surface area contributed by atoms with E-state index in [2.05, 4.69) is 57.2 Å². The van der Waals surface area contributed by atoms with Crippen molar-refractivity contribution in [1.29, 1.82) is 0 Å². The average Bonchev–Trinajstić information content (AvgIpc) is 1.38. The number of hydrogen-bond donors (Lipinski definition) is 11. The lowest BCUT2D eigenvalue weighted by molar-refractivity contribution is -0.385. The second-order valence-corrected chi connectivity index (χ2v) is 38.8. The molecule has 2 aromatic rings. The number of aliphatic hydroxyl groups is 7. The van der Waals surface area contributed by atoms with E-state index in [0.29, 0.717) is 107 Å². The number of aromatic amines is 1. The van der Waals surface area contributed by atoms with E-state index in [9.17, 15) is 79.3 Å². The molecule has 26 atom stereocenters. The molecule has 11 N–H and O–H groups in total. The van der Waals surface area contributed by atoms with E-state index >= 15 is 0 Å². The Bertz CT molecular complexity index is 3560. The lowest BCUT2D eigenvalue weighted by Crippen LogP contribution is -2.62. The van der Waals surface area contributed by atoms with Crippen molar-refractivity contribution < 1.29 is 78.3 Å². The number of fused-ring (bicyclic) bond motifs is 10. The number of ether oxygens (including phenoxy) is 1. The number of aryl methyl sites for hydroxylation is 1. The number of carbonyl (C=O) groups is 3. The standard InChI is InChI=1S/C78H123N6O19PS2/c1-45(54-18-20-56-70-58(40-65(90)77(54,56)6)75(4)27-25-50(85)35-48(75)37-62(70)88)15-23-67(92)79-29-10-11-31-82(32-14-30-80-68(93)24-16-46(2)55-19-21-57-71-59(41-66(91)78(55,57)7)76(5)28-26-51(86)36-49(76)38-63(71)89)73(95)53-39-52(17-22-60(53)84(97)98)106-105-34-13-9-8-12-33-101-104(99,100)102-44-64-61(87)42-69(103-64)83-43-47(3)72(94)81-74(83)96/h17,22,39,43,45-46,48-51,54-59,61-66,69-71,85-91H,8-16,18-21,23-38,40-42,44H2,1-7H3,(H,79,92)(H,80,93)(H,99,100)(H,81,94,96)/t45-,46-,48+,49+,50-,51-,54-,55-,56+,57+,58+,59+,61+,62-,63-,64-,65+,66+,69-,70+,71+,75+,76+,77-,78-/m1/s1. The van der Waals surface area contributed by atoms with E-state index in [1.54, 1.807) is 17.0 Å². The summed E-state index contributed by atoms with van der Waals surface area (Å²) in [7, 11) is -1.62. The molecule has 596 valence electrons. The first-order valence-electron chi connectivity index (χ1n) is 40.0. The Hall–Kier alpha value is -3.80. The van der Waals surface area contributed by atoms with Crippen molar-refractivity contribution in [3.63, 3.8) is 0 Å². The zero-order chi connectivity index (χ0) is 76.4. The van der Waals surface area contributed by atoms with Crippen molar-refractivity contribution in [1.82, 2.24) is 25.1 Å². The van der Waals surface area contributed by atoms with Crippen molar-refractivity contribution in [3.05, 3.63) is 66.5 Å². The van der Waals surface area contributed by atoms with Crippen LogP contribution in [0, 0.1) is 110 Å². The number of carbonyl (C=O) groups excluding carboxylic acids is 3. The number of phosphoric ester groups is 1. The van der Waals surface area contributed by atoms with E-state index in [1.807, 2.05) is 0 Å². The maximum Gasteiger partial charge on any atom is 0.472 e. The van der Waals surface area contributed by atoms with Crippen LogP contribution in [0.3, 0.4) is 0 Å². The summed E-state index contributed by atoms with van der Waals surface area (Å²) in [5, 5.41) is 98.4. The summed E-state index contributed by atoms with van der Waals surface area (Å²) in [4.78, 5) is 93.0. The van der Waals surface area contributed by atoms with Crippen molar-refractivity contribution in [3.8, 4) is 0 Å². The van der Waals surface area contributed by atoms with E-state index < -0.39 is 84.8 Å². The van der Waals surface area contributed by atoms with Crippen molar-refractivity contribution in [2.75, 3.05) is 45.1 Å². The molecule has 9 aliphatic rings. The van der Waals surface area contributed by atoms with Crippen LogP contribution in [-0.4, -0.2) is 172 Å². The summed E-state index contributed by atoms with van der Waals surface area (Å²) >= 11 is 0. The number of nitro groups is 1. The predicted molar refractivity (Wildman–Crippen MR) is 403 cm³/mol. The fourth-order valence-corrected chi connectivity index (χ4v) is 26.0. The highest BCUT2D eigenvalue weighted by Gasteiger charge is 2.68. The lowest BCUT2D eigenvalue weighted by atomic mass is 9.43. The van der Waals surface area contributed by atoms with Gasteiger partial charge in [-0.05, 0) is 247 Å². The van der Waals surface area contributed by atoms with Gasteiger partial charge in [0.05, 0.1) is 60.9 Å². The molecule has 8 aliphatic carbocycles. The van der Waals surface area contributed by atoms with Gasteiger partial charge < -0.3 is 60.9 Å². The van der Waals surface area contributed by atoms with Gasteiger partial charge in [-0.25, -0.2) is 9.36 Å². The fourth-order valence-electron chi connectivity index (χ4n) is 23.0. The number of benzene rings is 1. The largest absolute Gasteiger partial charge is 0.472 e. The molecular weight excluding hydrogens is 1420 g/mol. The molecule has 0 bridgehead atoms. The Morgan fingerprint density at radius 3 is 1.82 bits per heavy atom. The summed E-state index contributed by atoms with van der Waals surface area (Å²) in [6, 6.07) is 4.52. The number of aliphatic hydroxyl groups excluding tert-OH is 7. The third-order valence-corrected chi connectivity index (χ3v) is 32.5. The van der Waals surface area contributed by atoms with Gasteiger partial charge in [-0.15, -0.1) is 0 Å². The first-order chi connectivity index (χ1) is 50.3. The summed E-state index contributed by atoms with van der Waals surface area (Å²) < 4.78 is 29.9. The molecule has 1 saturated heterocycles. The summed E-state index contributed by atoms with van der Waals surface area (Å²) in [6.07, 6.45) is 12.5. The molecule has 0 spiro atoms. The fraction of sp³-hybridized carbons (Fsp3) is 0.833. The lowest BCUT2D eigenvalue weighted by Gasteiger charge is -2.63. The number of hydrogen-bond acceptors (Lipinski definition) is 20. The minimum absolute atomic E-state index is 0.0129. The Morgan fingerprint density at radius 2 is 1.25 bits per heavy atom. The zero-order valence-corrected chi connectivity index (χ0v) is 66.0. The van der Waals surface area contributed by atoms with Gasteiger partial charge in [-0.1, -0.05) is 76.0 Å². The van der Waals surface area contributed by atoms with Gasteiger partial charge >= 0.3 is 13.5 Å². The van der Waals surface area contributed by atoms with Crippen molar-refractivity contribution in [2.45, 2.75) is 275 Å². The Labute approximate surface area is 632 Å². The van der Waals surface area contributed by atoms with Gasteiger partial charge in [0.2, 0.25) is 11.8 Å². The van der Waals surface area contributed by atoms with Crippen LogP contribution in [0.1, 0.15) is 231 Å². The van der Waals surface area contributed by atoms with Gasteiger partial charge in [0, 0.05) is 73.9 Å². The first-order valence-corrected chi connectivity index (χ1v) is 43.9. The number of nitrogens with zero attached hydrogens (tertiary/aromatic N) is 3. The molecule has 3 amide bonds. The first kappa shape index (κ1) is 83.1. The van der Waals surface area contributed by atoms with Gasteiger partial charge in [-0.3, -0.25) is 47.9 Å². The average molecular weight is 1540 g/mol. The van der Waals surface area contributed by atoms with Crippen LogP contribution < -0.4 is 21.9 Å². The maximum atomic E-state index is 14.8. The molecule has 1 aliphatic heterocycles. The van der Waals surface area contributed by atoms with E-state index in [1.165, 1.54) is 40.8 Å². The predicted octanol–water partition coefficient (Wildman–Crippen LogP) is 10.1. The summed E-state index contributed by atoms with van der Waals surface area (Å²) in [5.41, 5.74) is -2.22. The number of amides is 3. The van der Waals surface area contributed by atoms with Crippen LogP contribution in [0.25, 0.3) is 0 Å². The third-order valence-electron chi connectivity index (χ3n) is 29.1. The molecule has 1 aromatic heterocycles. The number of H-pyrrole nitrogens is 1. The Morgan fingerprint density at radius 1 is 0.708 bits per heavy atom. The highest BCUT2D eigenvalue weighted by Crippen LogP contribution is 2.70. The number of aromatic nitrogens is 2. The molecular formula is C78H123N6O19PS2. The number of unbranched alkanes of at least 4 members (excludes halogenated alkanes) is 4. The molecule has 1 unspecified atom stereocenters. The molecule has 9 fully saturated rings. The molecule has 28 heteroatoms. The molecule has 1 aromatic carbocycles. The zero-order valence-electron chi connectivity index (χ0n) is 63.4. The number of nitrogens with one attached hydrogen (secondary N) is 3. The quantitative estimate of drug-likeness (QED) is 0.0104. The molecule has 8 saturated carbocycles. The van der Waals surface area contributed by atoms with Gasteiger partial charge in [0.15, 0.2) is 0 Å². The van der Waals surface area contributed by atoms with Gasteiger partial charge in [0.25, 0.3) is 17.2 Å². The minimum Gasteiger partial charge on any atom is -0.393 e. The second-order valence-electron chi connectivity index (χ2n) is 34.9. The Balaban J connectivity index is 0.646. The molecule has 25 nitrogen and oxygen atoms in total. The van der Waals surface area contributed by atoms with Crippen LogP contribution in [-0.2, 0) is 27.9 Å². The number of nitro benzene ring substituents is 1. The molecule has 106 heavy (non-hydrogen) atoms. The van der Waals surface area contributed by atoms with Crippen LogP contribution in [0.4, 0.5) is 5.69 Å². The topological polar surface area (TPSA) is 383 Å². The van der Waals surface area contributed by atoms with Crippen LogP contribution in [0.15, 0.2) is 38.9 Å². The number of rotatable bonds is 33. The summed E-state index contributed by atoms with van der Waals surface area (Å²) in [5.74, 6) is 2.01. The minimum atomic E-state index is -4.52. The smallest absolute Gasteiger partial charge is 0.393 e. The van der Waals surface area contributed by atoms with Crippen molar-refractivity contribution in [2.24, 2.45) is 92.7 Å². The normalized spacial score (nSPS) is 37.8. The van der Waals surface area contributed by atoms with Gasteiger partial charge in [0.1, 0.15) is 17.9 Å². The Kier molecular flexibility index (Phi) is 27.5. The highest BCUT2D eigenvalue weighted by molar-refractivity contribution is 8.76. The van der Waals surface area contributed by atoms with Gasteiger partial charge in [-0.2, -0.15) is 0 Å². The van der Waals surface area contributed by atoms with Crippen LogP contribution in [0.5, 0.6) is 0 Å². The van der Waals surface area contributed by atoms with Crippen molar-refractivity contribution >= 4 is 52.8 Å². The van der Waals surface area contributed by atoms with Crippen LogP contribution in [0.2, 0.25) is 0 Å². The maximum absolute atomic E-state index is 14.8. The SMILES string of the molecule is Cc1cn([C@H]2C[C@H](O)[C@@H](COP(=O)(O)OCCCCCCSSc3ccc([N+](=O)[O-])c(C(=O)N(CCCCNC(=O)CC[C@@H](C)[C@H]4CC[C@H]5[C@@H]6[C@H](O)C[C@@H]7C[C@H](O)CC[C@]7(C)[C@H]6C[C@H](O)[C@]45C)CCCNC(=O)CC[C@@H](C)[C@H]4CC[C@H]5[C@@H]6[C@H](O)C[C@@H]7C[C@H](O)CC[C@]7(C)[C@H]6C[C@H](O)[C@]45C)c3)O2)c(=O)[nH]c1=O. The van der Waals surface area contributed by atoms with E-state index in [0.717, 1.165) is 68.8 Å². The number of phosphoric acid groups is 1. The highest BCUT2D eigenvalue weighted by atomic mass is 33.1. The molecule has 2 heterocycles. The van der Waals surface area contributed by atoms with E-state index in [4.69, 9.17) is 13.8 Å². The van der Waals surface area contributed by atoms with Crippen LogP contribution >= 0.6 is 29.4 Å². The monoisotopic (exact) mass is 1540 g/mol. The third kappa shape index (κ3) is 17.8. The molecule has 0 radical (unpaired) electrons.